The maximum Gasteiger partial charge on any atom is 0.416 e. The van der Waals surface area contributed by atoms with Gasteiger partial charge in [0.05, 0.1) is 11.3 Å². The summed E-state index contributed by atoms with van der Waals surface area (Å²) in [7, 11) is 1.68. The lowest BCUT2D eigenvalue weighted by Crippen LogP contribution is -2.48. The number of alkyl halides is 3. The van der Waals surface area contributed by atoms with Crippen LogP contribution in [0.3, 0.4) is 0 Å². The fourth-order valence-electron chi connectivity index (χ4n) is 2.77. The van der Waals surface area contributed by atoms with E-state index in [1.54, 1.807) is 11.9 Å². The molecule has 0 spiro atoms. The van der Waals surface area contributed by atoms with Gasteiger partial charge in [-0.3, -0.25) is 0 Å². The molecule has 1 fully saturated rings. The highest BCUT2D eigenvalue weighted by Gasteiger charge is 2.32. The monoisotopic (exact) mass is 290 g/mol. The Morgan fingerprint density at radius 3 is 2.40 bits per heavy atom. The van der Waals surface area contributed by atoms with E-state index in [-0.39, 0.29) is 17.8 Å². The minimum absolute atomic E-state index is 0.0324. The minimum Gasteiger partial charge on any atom is -0.368 e. The average Bonchev–Trinajstić information content (AvgIpc) is 2.37. The van der Waals surface area contributed by atoms with Gasteiger partial charge in [0.2, 0.25) is 0 Å². The predicted molar refractivity (Wildman–Crippen MR) is 70.0 cm³/mol. The van der Waals surface area contributed by atoms with Gasteiger partial charge in [-0.05, 0) is 31.0 Å². The first-order valence-electron chi connectivity index (χ1n) is 6.66. The Morgan fingerprint density at radius 2 is 1.85 bits per heavy atom. The summed E-state index contributed by atoms with van der Waals surface area (Å²) < 4.78 is 51.5. The second-order valence-corrected chi connectivity index (χ2v) is 5.29. The van der Waals surface area contributed by atoms with Gasteiger partial charge in [0, 0.05) is 19.1 Å². The molecule has 2 atom stereocenters. The fraction of sp³-hybridized carbons (Fsp3) is 0.571. The van der Waals surface area contributed by atoms with Gasteiger partial charge in [0.15, 0.2) is 0 Å². The van der Waals surface area contributed by atoms with E-state index in [1.165, 1.54) is 6.07 Å². The Hall–Kier alpha value is -1.30. The Morgan fingerprint density at radius 1 is 1.20 bits per heavy atom. The molecule has 1 aromatic carbocycles. The molecular weight excluding hydrogens is 272 g/mol. The minimum atomic E-state index is -4.53. The van der Waals surface area contributed by atoms with Gasteiger partial charge < -0.3 is 10.6 Å². The Labute approximate surface area is 115 Å². The van der Waals surface area contributed by atoms with Gasteiger partial charge in [-0.25, -0.2) is 4.39 Å². The largest absolute Gasteiger partial charge is 0.416 e. The van der Waals surface area contributed by atoms with Crippen molar-refractivity contribution < 1.29 is 17.6 Å². The molecule has 2 unspecified atom stereocenters. The number of hydrogen-bond acceptors (Lipinski definition) is 2. The third-order valence-electron chi connectivity index (χ3n) is 3.93. The van der Waals surface area contributed by atoms with Crippen LogP contribution >= 0.6 is 0 Å². The van der Waals surface area contributed by atoms with Crippen LogP contribution in [0.15, 0.2) is 18.2 Å². The number of rotatable bonds is 2. The highest BCUT2D eigenvalue weighted by molar-refractivity contribution is 5.50. The number of nitrogens with zero attached hydrogens (tertiary/aromatic N) is 1. The van der Waals surface area contributed by atoms with Crippen molar-refractivity contribution in [3.05, 3.63) is 29.6 Å². The van der Waals surface area contributed by atoms with E-state index in [1.807, 2.05) is 0 Å². The van der Waals surface area contributed by atoms with Gasteiger partial charge in [-0.15, -0.1) is 0 Å². The first-order valence-corrected chi connectivity index (χ1v) is 6.66. The summed E-state index contributed by atoms with van der Waals surface area (Å²) in [6.07, 6.45) is -0.791. The highest BCUT2D eigenvalue weighted by atomic mass is 19.4. The van der Waals surface area contributed by atoms with E-state index in [2.05, 4.69) is 0 Å². The first kappa shape index (κ1) is 15.1. The Kier molecular flexibility index (Phi) is 4.22. The van der Waals surface area contributed by atoms with Crippen LogP contribution in [0.1, 0.15) is 31.2 Å². The topological polar surface area (TPSA) is 29.3 Å². The smallest absolute Gasteiger partial charge is 0.368 e. The van der Waals surface area contributed by atoms with Crippen LogP contribution in [-0.4, -0.2) is 19.1 Å². The number of anilines is 1. The molecule has 0 aliphatic heterocycles. The third-order valence-corrected chi connectivity index (χ3v) is 3.93. The maximum atomic E-state index is 13.9. The Balaban J connectivity index is 2.24. The van der Waals surface area contributed by atoms with E-state index < -0.39 is 17.6 Å². The zero-order valence-electron chi connectivity index (χ0n) is 11.3. The van der Waals surface area contributed by atoms with Crippen LogP contribution in [0.25, 0.3) is 0 Å². The summed E-state index contributed by atoms with van der Waals surface area (Å²) in [6, 6.07) is 2.52. The highest BCUT2D eigenvalue weighted by Crippen LogP contribution is 2.33. The molecule has 112 valence electrons. The molecule has 20 heavy (non-hydrogen) atoms. The number of likely N-dealkylation sites (N-methyl/N-ethyl adjacent to an activating group) is 1. The van der Waals surface area contributed by atoms with Crippen LogP contribution in [0.4, 0.5) is 23.2 Å². The van der Waals surface area contributed by atoms with Gasteiger partial charge in [0.25, 0.3) is 0 Å². The van der Waals surface area contributed by atoms with Crippen molar-refractivity contribution in [3.8, 4) is 0 Å². The lowest BCUT2D eigenvalue weighted by molar-refractivity contribution is -0.137. The van der Waals surface area contributed by atoms with E-state index in [0.29, 0.717) is 6.07 Å². The SMILES string of the molecule is CN(c1ccc(C(F)(F)F)cc1F)C1CCCCC1N. The molecule has 0 radical (unpaired) electrons. The molecule has 6 heteroatoms. The quantitative estimate of drug-likeness (QED) is 0.844. The average molecular weight is 290 g/mol. The van der Waals surface area contributed by atoms with E-state index >= 15 is 0 Å². The molecule has 2 rings (SSSR count). The first-order chi connectivity index (χ1) is 9.30. The number of benzene rings is 1. The molecule has 1 aliphatic carbocycles. The molecule has 1 aliphatic rings. The molecule has 2 N–H and O–H groups in total. The molecule has 0 heterocycles. The third kappa shape index (κ3) is 3.06. The number of halogens is 4. The second-order valence-electron chi connectivity index (χ2n) is 5.29. The van der Waals surface area contributed by atoms with Gasteiger partial charge in [0.1, 0.15) is 5.82 Å². The molecule has 0 aromatic heterocycles. The predicted octanol–water partition coefficient (Wildman–Crippen LogP) is 3.55. The summed E-state index contributed by atoms with van der Waals surface area (Å²) in [5, 5.41) is 0. The van der Waals surface area contributed by atoms with Crippen LogP contribution in [0.2, 0.25) is 0 Å². The fourth-order valence-corrected chi connectivity index (χ4v) is 2.77. The zero-order valence-corrected chi connectivity index (χ0v) is 11.3. The van der Waals surface area contributed by atoms with Crippen LogP contribution in [-0.2, 0) is 6.18 Å². The summed E-state index contributed by atoms with van der Waals surface area (Å²) in [5.74, 6) is -0.861. The van der Waals surface area contributed by atoms with E-state index in [0.717, 1.165) is 31.7 Å². The summed E-state index contributed by atoms with van der Waals surface area (Å²) in [4.78, 5) is 1.67. The second kappa shape index (κ2) is 5.60. The van der Waals surface area contributed by atoms with Gasteiger partial charge in [-0.1, -0.05) is 12.8 Å². The number of hydrogen-bond donors (Lipinski definition) is 1. The molecule has 1 aromatic rings. The van der Waals surface area contributed by atoms with Gasteiger partial charge in [-0.2, -0.15) is 13.2 Å². The van der Waals surface area contributed by atoms with E-state index in [9.17, 15) is 17.6 Å². The van der Waals surface area contributed by atoms with Crippen LogP contribution in [0.5, 0.6) is 0 Å². The normalized spacial score (nSPS) is 23.7. The molecule has 0 amide bonds. The van der Waals surface area contributed by atoms with E-state index in [4.69, 9.17) is 5.73 Å². The summed E-state index contributed by atoms with van der Waals surface area (Å²) in [5.41, 5.74) is 5.22. The molecular formula is C14H18F4N2. The van der Waals surface area contributed by atoms with Crippen molar-refractivity contribution in [2.75, 3.05) is 11.9 Å². The standard InChI is InChI=1S/C14H18F4N2/c1-20(13-5-3-2-4-11(13)19)12-7-6-9(8-10(12)15)14(16,17)18/h6-8,11,13H,2-5,19H2,1H3. The molecule has 0 bridgehead atoms. The molecule has 0 saturated heterocycles. The van der Waals surface area contributed by atoms with Crippen molar-refractivity contribution in [3.63, 3.8) is 0 Å². The van der Waals surface area contributed by atoms with Crippen molar-refractivity contribution >= 4 is 5.69 Å². The summed E-state index contributed by atoms with van der Waals surface area (Å²) >= 11 is 0. The number of nitrogens with two attached hydrogens (primary N) is 1. The lowest BCUT2D eigenvalue weighted by atomic mass is 9.89. The van der Waals surface area contributed by atoms with Gasteiger partial charge >= 0.3 is 6.18 Å². The summed E-state index contributed by atoms with van der Waals surface area (Å²) in [6.45, 7) is 0. The maximum absolute atomic E-state index is 13.9. The van der Waals surface area contributed by atoms with Crippen molar-refractivity contribution in [2.24, 2.45) is 5.73 Å². The Bertz CT molecular complexity index is 473. The van der Waals surface area contributed by atoms with Crippen molar-refractivity contribution in [1.82, 2.24) is 0 Å². The lowest BCUT2D eigenvalue weighted by Gasteiger charge is -2.37. The molecule has 1 saturated carbocycles. The van der Waals surface area contributed by atoms with Crippen molar-refractivity contribution in [1.29, 1.82) is 0 Å². The van der Waals surface area contributed by atoms with Crippen molar-refractivity contribution in [2.45, 2.75) is 43.9 Å². The van der Waals surface area contributed by atoms with Crippen LogP contribution in [0, 0.1) is 5.82 Å². The van der Waals surface area contributed by atoms with Crippen LogP contribution < -0.4 is 10.6 Å². The molecule has 2 nitrogen and oxygen atoms in total. The zero-order chi connectivity index (χ0) is 14.9.